The monoisotopic (exact) mass is 328 g/mol. The van der Waals surface area contributed by atoms with Crippen LogP contribution in [0.4, 0.5) is 4.79 Å². The van der Waals surface area contributed by atoms with Crippen LogP contribution >= 0.6 is 0 Å². The van der Waals surface area contributed by atoms with Gasteiger partial charge in [0.05, 0.1) is 19.6 Å². The molecule has 0 saturated carbocycles. The van der Waals surface area contributed by atoms with Gasteiger partial charge in [-0.3, -0.25) is 4.79 Å². The van der Waals surface area contributed by atoms with Crippen LogP contribution in [0.5, 0.6) is 0 Å². The minimum absolute atomic E-state index is 0.0107. The van der Waals surface area contributed by atoms with E-state index in [4.69, 9.17) is 9.47 Å². The Hall–Kier alpha value is -1.79. The molecule has 2 amide bonds. The van der Waals surface area contributed by atoms with Crippen LogP contribution in [0, 0.1) is 11.8 Å². The zero-order valence-electron chi connectivity index (χ0n) is 14.5. The number of carbonyl (C=O) groups is 3. The van der Waals surface area contributed by atoms with Crippen LogP contribution in [0.1, 0.15) is 40.0 Å². The standard InChI is InChI=1S/C16H28N2O5/c1-5-11(3)13(15(20)22-4)17-16(21)18-9-7-12(8-10-18)14(19)23-6-2/h11-13H,5-10H2,1-4H3,(H,17,21)/t11-,13+/m1/s1. The van der Waals surface area contributed by atoms with E-state index >= 15 is 0 Å². The van der Waals surface area contributed by atoms with Gasteiger partial charge in [-0.05, 0) is 25.7 Å². The molecule has 0 bridgehead atoms. The summed E-state index contributed by atoms with van der Waals surface area (Å²) >= 11 is 0. The Morgan fingerprint density at radius 1 is 1.22 bits per heavy atom. The highest BCUT2D eigenvalue weighted by atomic mass is 16.5. The first-order valence-corrected chi connectivity index (χ1v) is 8.24. The maximum atomic E-state index is 12.3. The van der Waals surface area contributed by atoms with E-state index in [2.05, 4.69) is 5.32 Å². The van der Waals surface area contributed by atoms with Gasteiger partial charge in [-0.15, -0.1) is 0 Å². The highest BCUT2D eigenvalue weighted by molar-refractivity contribution is 5.84. The summed E-state index contributed by atoms with van der Waals surface area (Å²) in [7, 11) is 1.31. The topological polar surface area (TPSA) is 84.9 Å². The van der Waals surface area contributed by atoms with Crippen LogP contribution in [0.15, 0.2) is 0 Å². The van der Waals surface area contributed by atoms with Gasteiger partial charge in [-0.1, -0.05) is 20.3 Å². The molecule has 0 unspecified atom stereocenters. The summed E-state index contributed by atoms with van der Waals surface area (Å²) in [5, 5.41) is 2.75. The zero-order chi connectivity index (χ0) is 17.4. The van der Waals surface area contributed by atoms with Crippen molar-refractivity contribution in [1.82, 2.24) is 10.2 Å². The van der Waals surface area contributed by atoms with Crippen molar-refractivity contribution in [2.45, 2.75) is 46.1 Å². The van der Waals surface area contributed by atoms with E-state index < -0.39 is 12.0 Å². The van der Waals surface area contributed by atoms with Gasteiger partial charge >= 0.3 is 18.0 Å². The Labute approximate surface area is 137 Å². The molecule has 1 fully saturated rings. The highest BCUT2D eigenvalue weighted by Gasteiger charge is 2.32. The van der Waals surface area contributed by atoms with Crippen molar-refractivity contribution < 1.29 is 23.9 Å². The van der Waals surface area contributed by atoms with Crippen molar-refractivity contribution in [1.29, 1.82) is 0 Å². The van der Waals surface area contributed by atoms with Gasteiger partial charge in [0.2, 0.25) is 0 Å². The number of piperidine rings is 1. The fourth-order valence-corrected chi connectivity index (χ4v) is 2.60. The number of nitrogens with zero attached hydrogens (tertiary/aromatic N) is 1. The second kappa shape index (κ2) is 9.37. The summed E-state index contributed by atoms with van der Waals surface area (Å²) in [6.07, 6.45) is 1.92. The number of urea groups is 1. The van der Waals surface area contributed by atoms with Crippen molar-refractivity contribution in [2.75, 3.05) is 26.8 Å². The number of esters is 2. The molecule has 23 heavy (non-hydrogen) atoms. The summed E-state index contributed by atoms with van der Waals surface area (Å²) in [5.74, 6) is -0.790. The van der Waals surface area contributed by atoms with Crippen molar-refractivity contribution in [2.24, 2.45) is 11.8 Å². The second-order valence-corrected chi connectivity index (χ2v) is 5.85. The fraction of sp³-hybridized carbons (Fsp3) is 0.812. The van der Waals surface area contributed by atoms with Crippen LogP contribution in [0.3, 0.4) is 0 Å². The maximum Gasteiger partial charge on any atom is 0.328 e. The minimum atomic E-state index is -0.653. The molecule has 7 nitrogen and oxygen atoms in total. The van der Waals surface area contributed by atoms with Gasteiger partial charge in [0, 0.05) is 13.1 Å². The third-order valence-electron chi connectivity index (χ3n) is 4.35. The zero-order valence-corrected chi connectivity index (χ0v) is 14.5. The Kier molecular flexibility index (Phi) is 7.85. The molecule has 0 aliphatic carbocycles. The maximum absolute atomic E-state index is 12.3. The predicted octanol–water partition coefficient (Wildman–Crippen LogP) is 1.56. The van der Waals surface area contributed by atoms with Crippen molar-refractivity contribution in [3.63, 3.8) is 0 Å². The summed E-state index contributed by atoms with van der Waals surface area (Å²) in [6, 6.07) is -0.941. The highest BCUT2D eigenvalue weighted by Crippen LogP contribution is 2.19. The lowest BCUT2D eigenvalue weighted by molar-refractivity contribution is -0.149. The first-order chi connectivity index (χ1) is 10.9. The fourth-order valence-electron chi connectivity index (χ4n) is 2.60. The third-order valence-corrected chi connectivity index (χ3v) is 4.35. The van der Waals surface area contributed by atoms with Crippen molar-refractivity contribution in [3.05, 3.63) is 0 Å². The molecule has 7 heteroatoms. The summed E-state index contributed by atoms with van der Waals surface area (Å²) in [5.41, 5.74) is 0. The molecular formula is C16H28N2O5. The van der Waals surface area contributed by atoms with E-state index in [-0.39, 0.29) is 23.8 Å². The summed E-state index contributed by atoms with van der Waals surface area (Å²) in [4.78, 5) is 37.5. The second-order valence-electron chi connectivity index (χ2n) is 5.85. The smallest absolute Gasteiger partial charge is 0.328 e. The summed E-state index contributed by atoms with van der Waals surface area (Å²) in [6.45, 7) is 6.96. The molecular weight excluding hydrogens is 300 g/mol. The van der Waals surface area contributed by atoms with Crippen LogP contribution in [-0.4, -0.2) is 55.7 Å². The Balaban J connectivity index is 2.55. The normalized spacial score (nSPS) is 18.0. The number of hydrogen-bond donors (Lipinski definition) is 1. The van der Waals surface area contributed by atoms with Crippen LogP contribution < -0.4 is 5.32 Å². The molecule has 0 aromatic heterocycles. The molecule has 1 heterocycles. The molecule has 0 aromatic rings. The van der Waals surface area contributed by atoms with Crippen LogP contribution in [-0.2, 0) is 19.1 Å². The lowest BCUT2D eigenvalue weighted by Gasteiger charge is -2.32. The largest absolute Gasteiger partial charge is 0.467 e. The third kappa shape index (κ3) is 5.41. The molecule has 2 atom stereocenters. The number of rotatable bonds is 6. The van der Waals surface area contributed by atoms with E-state index in [9.17, 15) is 14.4 Å². The molecule has 1 aliphatic heterocycles. The van der Waals surface area contributed by atoms with Crippen molar-refractivity contribution >= 4 is 18.0 Å². The first-order valence-electron chi connectivity index (χ1n) is 8.24. The Morgan fingerprint density at radius 3 is 2.30 bits per heavy atom. The van der Waals surface area contributed by atoms with Gasteiger partial charge in [0.25, 0.3) is 0 Å². The predicted molar refractivity (Wildman–Crippen MR) is 84.7 cm³/mol. The number of methoxy groups -OCH3 is 1. The van der Waals surface area contributed by atoms with Gasteiger partial charge in [0.1, 0.15) is 6.04 Å². The van der Waals surface area contributed by atoms with Gasteiger partial charge in [-0.2, -0.15) is 0 Å². The average Bonchev–Trinajstić information content (AvgIpc) is 2.58. The van der Waals surface area contributed by atoms with E-state index in [0.29, 0.717) is 32.5 Å². The quantitative estimate of drug-likeness (QED) is 0.748. The van der Waals surface area contributed by atoms with Gasteiger partial charge < -0.3 is 19.7 Å². The number of hydrogen-bond acceptors (Lipinski definition) is 5. The van der Waals surface area contributed by atoms with E-state index in [1.807, 2.05) is 13.8 Å². The van der Waals surface area contributed by atoms with Crippen LogP contribution in [0.2, 0.25) is 0 Å². The average molecular weight is 328 g/mol. The number of amides is 2. The SMILES string of the molecule is CCOC(=O)C1CCN(C(=O)N[C@H](C(=O)OC)[C@H](C)CC)CC1. The molecule has 0 spiro atoms. The number of likely N-dealkylation sites (tertiary alicyclic amines) is 1. The van der Waals surface area contributed by atoms with Crippen LogP contribution in [0.25, 0.3) is 0 Å². The van der Waals surface area contributed by atoms with Gasteiger partial charge in [-0.25, -0.2) is 9.59 Å². The lowest BCUT2D eigenvalue weighted by Crippen LogP contribution is -2.53. The Morgan fingerprint density at radius 2 is 1.83 bits per heavy atom. The molecule has 1 rings (SSSR count). The summed E-state index contributed by atoms with van der Waals surface area (Å²) < 4.78 is 9.78. The lowest BCUT2D eigenvalue weighted by atomic mass is 9.97. The van der Waals surface area contributed by atoms with E-state index in [1.54, 1.807) is 11.8 Å². The number of carbonyl (C=O) groups excluding carboxylic acids is 3. The molecule has 132 valence electrons. The van der Waals surface area contributed by atoms with E-state index in [0.717, 1.165) is 6.42 Å². The Bertz CT molecular complexity index is 419. The molecule has 0 aromatic carbocycles. The first kappa shape index (κ1) is 19.3. The van der Waals surface area contributed by atoms with E-state index in [1.165, 1.54) is 7.11 Å². The molecule has 1 saturated heterocycles. The molecule has 0 radical (unpaired) electrons. The molecule has 1 N–H and O–H groups in total. The number of ether oxygens (including phenoxy) is 2. The van der Waals surface area contributed by atoms with Crippen molar-refractivity contribution in [3.8, 4) is 0 Å². The number of nitrogens with one attached hydrogen (secondary N) is 1. The molecule has 1 aliphatic rings. The van der Waals surface area contributed by atoms with Gasteiger partial charge in [0.15, 0.2) is 0 Å². The minimum Gasteiger partial charge on any atom is -0.467 e.